The second kappa shape index (κ2) is 8.79. The van der Waals surface area contributed by atoms with E-state index >= 15 is 0 Å². The standard InChI is InChI=1S/C20H28N2O3/c1-4-18-9-5-6-12-22(18)20(25)11-13-21(16(3)24)19-10-7-8-17(14-19)15(2)23/h7-8,10,14,18H,4-6,9,11-13H2,1-3H3. The predicted molar refractivity (Wildman–Crippen MR) is 98.7 cm³/mol. The second-order valence-corrected chi connectivity index (χ2v) is 6.67. The highest BCUT2D eigenvalue weighted by Crippen LogP contribution is 2.22. The van der Waals surface area contributed by atoms with Gasteiger partial charge in [0.05, 0.1) is 0 Å². The Hall–Kier alpha value is -2.17. The maximum absolute atomic E-state index is 12.6. The number of hydrogen-bond acceptors (Lipinski definition) is 3. The molecule has 136 valence electrons. The molecule has 1 aromatic carbocycles. The lowest BCUT2D eigenvalue weighted by atomic mass is 9.99. The van der Waals surface area contributed by atoms with Crippen molar-refractivity contribution >= 4 is 23.3 Å². The fourth-order valence-electron chi connectivity index (χ4n) is 3.47. The van der Waals surface area contributed by atoms with E-state index in [1.165, 1.54) is 20.3 Å². The molecule has 0 radical (unpaired) electrons. The molecule has 0 aromatic heterocycles. The van der Waals surface area contributed by atoms with Gasteiger partial charge in [0.15, 0.2) is 5.78 Å². The summed E-state index contributed by atoms with van der Waals surface area (Å²) in [6.07, 6.45) is 4.58. The molecule has 1 aliphatic rings. The molecule has 2 rings (SSSR count). The molecule has 1 aromatic rings. The monoisotopic (exact) mass is 344 g/mol. The summed E-state index contributed by atoms with van der Waals surface area (Å²) in [5.41, 5.74) is 1.23. The third-order valence-corrected chi connectivity index (χ3v) is 4.91. The van der Waals surface area contributed by atoms with Gasteiger partial charge in [-0.1, -0.05) is 19.1 Å². The zero-order chi connectivity index (χ0) is 18.4. The first kappa shape index (κ1) is 19.2. The maximum Gasteiger partial charge on any atom is 0.224 e. The summed E-state index contributed by atoms with van der Waals surface area (Å²) >= 11 is 0. The van der Waals surface area contributed by atoms with Crippen molar-refractivity contribution in [2.45, 2.75) is 58.9 Å². The van der Waals surface area contributed by atoms with Gasteiger partial charge in [-0.2, -0.15) is 0 Å². The Bertz CT molecular complexity index is 642. The minimum absolute atomic E-state index is 0.0412. The maximum atomic E-state index is 12.6. The van der Waals surface area contributed by atoms with Crippen LogP contribution in [-0.4, -0.2) is 41.6 Å². The molecule has 0 aliphatic carbocycles. The number of Topliss-reactive ketones (excluding diaryl/α,β-unsaturated/α-hetero) is 1. The molecule has 0 saturated carbocycles. The van der Waals surface area contributed by atoms with Crippen molar-refractivity contribution in [2.24, 2.45) is 0 Å². The van der Waals surface area contributed by atoms with Crippen molar-refractivity contribution in [1.82, 2.24) is 4.90 Å². The van der Waals surface area contributed by atoms with Crippen molar-refractivity contribution in [2.75, 3.05) is 18.0 Å². The van der Waals surface area contributed by atoms with Gasteiger partial charge in [-0.05, 0) is 44.7 Å². The number of carbonyl (C=O) groups is 3. The van der Waals surface area contributed by atoms with Crippen LogP contribution in [0.25, 0.3) is 0 Å². The van der Waals surface area contributed by atoms with E-state index in [0.29, 0.717) is 30.3 Å². The minimum Gasteiger partial charge on any atom is -0.340 e. The summed E-state index contributed by atoms with van der Waals surface area (Å²) in [6, 6.07) is 7.34. The minimum atomic E-state index is -0.126. The Morgan fingerprint density at radius 2 is 1.96 bits per heavy atom. The summed E-state index contributed by atoms with van der Waals surface area (Å²) in [5.74, 6) is -0.0553. The SMILES string of the molecule is CCC1CCCCN1C(=O)CCN(C(C)=O)c1cccc(C(C)=O)c1. The molecule has 0 bridgehead atoms. The van der Waals surface area contributed by atoms with Gasteiger partial charge in [0.2, 0.25) is 11.8 Å². The van der Waals surface area contributed by atoms with E-state index in [-0.39, 0.29) is 17.6 Å². The molecule has 2 amide bonds. The number of anilines is 1. The van der Waals surface area contributed by atoms with Gasteiger partial charge in [0, 0.05) is 43.7 Å². The average Bonchev–Trinajstić information content (AvgIpc) is 2.61. The van der Waals surface area contributed by atoms with E-state index < -0.39 is 0 Å². The Morgan fingerprint density at radius 1 is 1.20 bits per heavy atom. The Labute approximate surface area is 150 Å². The van der Waals surface area contributed by atoms with Crippen molar-refractivity contribution in [1.29, 1.82) is 0 Å². The van der Waals surface area contributed by atoms with Crippen LogP contribution < -0.4 is 4.90 Å². The number of hydrogen-bond donors (Lipinski definition) is 0. The van der Waals surface area contributed by atoms with Crippen LogP contribution in [0.1, 0.15) is 63.2 Å². The van der Waals surface area contributed by atoms with E-state index in [0.717, 1.165) is 25.8 Å². The molecule has 5 heteroatoms. The molecule has 1 aliphatic heterocycles. The number of piperidine rings is 1. The third-order valence-electron chi connectivity index (χ3n) is 4.91. The van der Waals surface area contributed by atoms with Crippen molar-refractivity contribution < 1.29 is 14.4 Å². The number of rotatable bonds is 6. The smallest absolute Gasteiger partial charge is 0.224 e. The number of benzene rings is 1. The van der Waals surface area contributed by atoms with Gasteiger partial charge >= 0.3 is 0 Å². The summed E-state index contributed by atoms with van der Waals surface area (Å²) in [5, 5.41) is 0. The topological polar surface area (TPSA) is 57.7 Å². The Morgan fingerprint density at radius 3 is 2.60 bits per heavy atom. The van der Waals surface area contributed by atoms with Crippen molar-refractivity contribution in [3.8, 4) is 0 Å². The Kier molecular flexibility index (Phi) is 6.73. The van der Waals surface area contributed by atoms with E-state index in [1.807, 2.05) is 4.90 Å². The van der Waals surface area contributed by atoms with E-state index in [9.17, 15) is 14.4 Å². The molecule has 25 heavy (non-hydrogen) atoms. The third kappa shape index (κ3) is 4.91. The van der Waals surface area contributed by atoms with Crippen LogP contribution >= 0.6 is 0 Å². The van der Waals surface area contributed by atoms with Crippen LogP contribution in [0.4, 0.5) is 5.69 Å². The summed E-state index contributed by atoms with van der Waals surface area (Å²) in [7, 11) is 0. The van der Waals surface area contributed by atoms with Crippen LogP contribution in [0.3, 0.4) is 0 Å². The molecule has 1 unspecified atom stereocenters. The van der Waals surface area contributed by atoms with Crippen LogP contribution in [0.2, 0.25) is 0 Å². The van der Waals surface area contributed by atoms with Crippen LogP contribution in [0.5, 0.6) is 0 Å². The lowest BCUT2D eigenvalue weighted by Gasteiger charge is -2.35. The highest BCUT2D eigenvalue weighted by Gasteiger charge is 2.25. The molecule has 1 heterocycles. The largest absolute Gasteiger partial charge is 0.340 e. The molecule has 1 atom stereocenters. The summed E-state index contributed by atoms with van der Waals surface area (Å²) < 4.78 is 0. The number of carbonyl (C=O) groups excluding carboxylic acids is 3. The van der Waals surface area contributed by atoms with Crippen LogP contribution in [0, 0.1) is 0 Å². The zero-order valence-electron chi connectivity index (χ0n) is 15.5. The predicted octanol–water partition coefficient (Wildman–Crippen LogP) is 3.42. The van der Waals surface area contributed by atoms with E-state index in [4.69, 9.17) is 0 Å². The average molecular weight is 344 g/mol. The first-order chi connectivity index (χ1) is 11.9. The normalized spacial score (nSPS) is 17.2. The Balaban J connectivity index is 2.07. The van der Waals surface area contributed by atoms with Crippen molar-refractivity contribution in [3.63, 3.8) is 0 Å². The molecular formula is C20H28N2O3. The summed E-state index contributed by atoms with van der Waals surface area (Å²) in [4.78, 5) is 39.8. The highest BCUT2D eigenvalue weighted by atomic mass is 16.2. The molecular weight excluding hydrogens is 316 g/mol. The molecule has 5 nitrogen and oxygen atoms in total. The van der Waals surface area contributed by atoms with Gasteiger partial charge in [-0.25, -0.2) is 0 Å². The lowest BCUT2D eigenvalue weighted by molar-refractivity contribution is -0.134. The van der Waals surface area contributed by atoms with Gasteiger partial charge in [-0.3, -0.25) is 14.4 Å². The molecule has 0 N–H and O–H groups in total. The first-order valence-corrected chi connectivity index (χ1v) is 9.12. The van der Waals surface area contributed by atoms with E-state index in [2.05, 4.69) is 6.92 Å². The quantitative estimate of drug-likeness (QED) is 0.743. The zero-order valence-corrected chi connectivity index (χ0v) is 15.5. The number of ketones is 1. The lowest BCUT2D eigenvalue weighted by Crippen LogP contribution is -2.44. The first-order valence-electron chi connectivity index (χ1n) is 9.12. The molecule has 1 fully saturated rings. The number of amides is 2. The molecule has 1 saturated heterocycles. The summed E-state index contributed by atoms with van der Waals surface area (Å²) in [6.45, 7) is 6.26. The van der Waals surface area contributed by atoms with Gasteiger partial charge < -0.3 is 9.80 Å². The fourth-order valence-corrected chi connectivity index (χ4v) is 3.47. The van der Waals surface area contributed by atoms with E-state index in [1.54, 1.807) is 29.2 Å². The highest BCUT2D eigenvalue weighted by molar-refractivity contribution is 5.97. The van der Waals surface area contributed by atoms with Gasteiger partial charge in [0.1, 0.15) is 0 Å². The second-order valence-electron chi connectivity index (χ2n) is 6.67. The van der Waals surface area contributed by atoms with Gasteiger partial charge in [-0.15, -0.1) is 0 Å². The van der Waals surface area contributed by atoms with Crippen LogP contribution in [0.15, 0.2) is 24.3 Å². The fraction of sp³-hybridized carbons (Fsp3) is 0.550. The number of likely N-dealkylation sites (tertiary alicyclic amines) is 1. The number of nitrogens with zero attached hydrogens (tertiary/aromatic N) is 2. The van der Waals surface area contributed by atoms with Crippen molar-refractivity contribution in [3.05, 3.63) is 29.8 Å². The van der Waals surface area contributed by atoms with Crippen LogP contribution in [-0.2, 0) is 9.59 Å². The van der Waals surface area contributed by atoms with Gasteiger partial charge in [0.25, 0.3) is 0 Å². The molecule has 0 spiro atoms.